The summed E-state index contributed by atoms with van der Waals surface area (Å²) in [5.41, 5.74) is 0.292. The Hall–Kier alpha value is -1.64. The van der Waals surface area contributed by atoms with Gasteiger partial charge in [0.2, 0.25) is 0 Å². The summed E-state index contributed by atoms with van der Waals surface area (Å²) in [6.07, 6.45) is 1.95. The minimum atomic E-state index is -3.38. The van der Waals surface area contributed by atoms with Gasteiger partial charge in [-0.2, -0.15) is 0 Å². The lowest BCUT2D eigenvalue weighted by Crippen LogP contribution is -2.38. The van der Waals surface area contributed by atoms with Gasteiger partial charge in [-0.25, -0.2) is 13.2 Å². The van der Waals surface area contributed by atoms with E-state index < -0.39 is 15.9 Å². The minimum absolute atomic E-state index is 0.114. The van der Waals surface area contributed by atoms with Crippen LogP contribution in [0.25, 0.3) is 0 Å². The van der Waals surface area contributed by atoms with Crippen molar-refractivity contribution in [2.45, 2.75) is 11.3 Å². The highest BCUT2D eigenvalue weighted by atomic mass is 32.2. The molecule has 2 N–H and O–H groups in total. The largest absolute Gasteiger partial charge is 0.379 e. The van der Waals surface area contributed by atoms with E-state index in [-0.39, 0.29) is 4.90 Å². The zero-order valence-corrected chi connectivity index (χ0v) is 14.1. The molecule has 2 amide bonds. The van der Waals surface area contributed by atoms with Gasteiger partial charge in [-0.15, -0.1) is 0 Å². The molecule has 7 nitrogen and oxygen atoms in total. The van der Waals surface area contributed by atoms with Gasteiger partial charge < -0.3 is 15.4 Å². The third-order valence-electron chi connectivity index (χ3n) is 3.58. The van der Waals surface area contributed by atoms with Crippen molar-refractivity contribution in [2.24, 2.45) is 0 Å². The summed E-state index contributed by atoms with van der Waals surface area (Å²) in [6.45, 7) is 4.81. The number of para-hydroxylation sites is 1. The normalized spacial score (nSPS) is 16.0. The van der Waals surface area contributed by atoms with Crippen molar-refractivity contribution in [1.29, 1.82) is 0 Å². The van der Waals surface area contributed by atoms with Crippen LogP contribution in [0.4, 0.5) is 10.5 Å². The number of nitrogens with one attached hydrogen (secondary N) is 2. The van der Waals surface area contributed by atoms with Gasteiger partial charge in [-0.1, -0.05) is 12.1 Å². The number of anilines is 1. The number of carbonyl (C=O) groups excluding carboxylic acids is 1. The monoisotopic (exact) mass is 341 g/mol. The second-order valence-corrected chi connectivity index (χ2v) is 7.44. The van der Waals surface area contributed by atoms with Crippen LogP contribution in [0, 0.1) is 0 Å². The molecule has 128 valence electrons. The molecule has 23 heavy (non-hydrogen) atoms. The highest BCUT2D eigenvalue weighted by molar-refractivity contribution is 7.90. The van der Waals surface area contributed by atoms with Gasteiger partial charge in [0.15, 0.2) is 9.84 Å². The first-order valence-corrected chi connectivity index (χ1v) is 9.50. The maximum Gasteiger partial charge on any atom is 0.319 e. The topological polar surface area (TPSA) is 87.7 Å². The van der Waals surface area contributed by atoms with Gasteiger partial charge in [-0.05, 0) is 25.1 Å². The fourth-order valence-electron chi connectivity index (χ4n) is 2.39. The summed E-state index contributed by atoms with van der Waals surface area (Å²) in [5.74, 6) is 0. The van der Waals surface area contributed by atoms with Gasteiger partial charge in [0.05, 0.1) is 23.8 Å². The average Bonchev–Trinajstić information content (AvgIpc) is 2.52. The van der Waals surface area contributed by atoms with E-state index in [1.165, 1.54) is 6.07 Å². The maximum absolute atomic E-state index is 11.9. The molecule has 1 fully saturated rings. The fraction of sp³-hybridized carbons (Fsp3) is 0.533. The molecule has 0 spiro atoms. The molecule has 2 rings (SSSR count). The highest BCUT2D eigenvalue weighted by Crippen LogP contribution is 2.20. The number of benzene rings is 1. The lowest BCUT2D eigenvalue weighted by Gasteiger charge is -2.26. The number of nitrogens with zero attached hydrogens (tertiary/aromatic N) is 1. The third kappa shape index (κ3) is 5.81. The molecular formula is C15H23N3O4S. The number of hydrogen-bond acceptors (Lipinski definition) is 5. The van der Waals surface area contributed by atoms with Crippen molar-refractivity contribution >= 4 is 21.6 Å². The Kier molecular flexibility index (Phi) is 6.37. The van der Waals surface area contributed by atoms with Crippen molar-refractivity contribution in [1.82, 2.24) is 10.2 Å². The number of rotatable bonds is 6. The molecular weight excluding hydrogens is 318 g/mol. The molecule has 1 aliphatic rings. The molecule has 0 aliphatic carbocycles. The van der Waals surface area contributed by atoms with Gasteiger partial charge in [0.25, 0.3) is 0 Å². The van der Waals surface area contributed by atoms with E-state index in [1.54, 1.807) is 18.2 Å². The Morgan fingerprint density at radius 2 is 1.96 bits per heavy atom. The Labute approximate surface area is 136 Å². The lowest BCUT2D eigenvalue weighted by molar-refractivity contribution is 0.0375. The van der Waals surface area contributed by atoms with Crippen molar-refractivity contribution in [3.63, 3.8) is 0 Å². The van der Waals surface area contributed by atoms with Crippen molar-refractivity contribution < 1.29 is 17.9 Å². The highest BCUT2D eigenvalue weighted by Gasteiger charge is 2.14. The van der Waals surface area contributed by atoms with Crippen LogP contribution in [-0.4, -0.2) is 65.0 Å². The van der Waals surface area contributed by atoms with E-state index >= 15 is 0 Å². The first-order valence-electron chi connectivity index (χ1n) is 7.61. The van der Waals surface area contributed by atoms with E-state index in [1.807, 2.05) is 0 Å². The van der Waals surface area contributed by atoms with Crippen LogP contribution in [0.3, 0.4) is 0 Å². The van der Waals surface area contributed by atoms with Crippen molar-refractivity contribution in [3.8, 4) is 0 Å². The molecule has 8 heteroatoms. The van der Waals surface area contributed by atoms with Gasteiger partial charge in [-0.3, -0.25) is 4.90 Å². The Morgan fingerprint density at radius 1 is 1.26 bits per heavy atom. The average molecular weight is 341 g/mol. The van der Waals surface area contributed by atoms with Crippen LogP contribution in [0.1, 0.15) is 6.42 Å². The summed E-state index contributed by atoms with van der Waals surface area (Å²) in [5, 5.41) is 5.34. The van der Waals surface area contributed by atoms with E-state index in [0.29, 0.717) is 12.2 Å². The summed E-state index contributed by atoms with van der Waals surface area (Å²) in [4.78, 5) is 14.3. The molecule has 0 unspecified atom stereocenters. The number of carbonyl (C=O) groups is 1. The van der Waals surface area contributed by atoms with Crippen LogP contribution < -0.4 is 10.6 Å². The zero-order valence-electron chi connectivity index (χ0n) is 13.2. The summed E-state index contributed by atoms with van der Waals surface area (Å²) in [6, 6.07) is 5.96. The predicted octanol–water partition coefficient (Wildman–Crippen LogP) is 0.934. The van der Waals surface area contributed by atoms with Gasteiger partial charge in [0, 0.05) is 25.9 Å². The van der Waals surface area contributed by atoms with Crippen LogP contribution in [0.2, 0.25) is 0 Å². The maximum atomic E-state index is 11.9. The Balaban J connectivity index is 1.77. The first-order chi connectivity index (χ1) is 11.0. The molecule has 0 radical (unpaired) electrons. The Bertz CT molecular complexity index is 627. The molecule has 1 heterocycles. The second-order valence-electron chi connectivity index (χ2n) is 5.46. The zero-order chi connectivity index (χ0) is 16.7. The smallest absolute Gasteiger partial charge is 0.319 e. The van der Waals surface area contributed by atoms with Crippen LogP contribution >= 0.6 is 0 Å². The number of hydrogen-bond donors (Lipinski definition) is 2. The number of amides is 2. The molecule has 1 aromatic carbocycles. The summed E-state index contributed by atoms with van der Waals surface area (Å²) in [7, 11) is -3.38. The summed E-state index contributed by atoms with van der Waals surface area (Å²) >= 11 is 0. The third-order valence-corrected chi connectivity index (χ3v) is 4.73. The van der Waals surface area contributed by atoms with E-state index in [2.05, 4.69) is 15.5 Å². The summed E-state index contributed by atoms with van der Waals surface area (Å²) < 4.78 is 28.6. The molecule has 1 aromatic rings. The first kappa shape index (κ1) is 17.7. The fourth-order valence-corrected chi connectivity index (χ4v) is 3.23. The molecule has 0 atom stereocenters. The number of ether oxygens (including phenoxy) is 1. The number of urea groups is 1. The number of morpholine rings is 1. The number of sulfone groups is 1. The van der Waals surface area contributed by atoms with Gasteiger partial charge >= 0.3 is 6.03 Å². The van der Waals surface area contributed by atoms with Crippen molar-refractivity contribution in [2.75, 3.05) is 51.0 Å². The Morgan fingerprint density at radius 3 is 2.65 bits per heavy atom. The second kappa shape index (κ2) is 8.28. The quantitative estimate of drug-likeness (QED) is 0.752. The standard InChI is InChI=1S/C15H23N3O4S/c1-23(20,21)14-6-3-2-5-13(14)17-15(19)16-7-4-8-18-9-11-22-12-10-18/h2-3,5-6H,4,7-12H2,1H3,(H2,16,17,19). The molecule has 0 bridgehead atoms. The van der Waals surface area contributed by atoms with Gasteiger partial charge in [0.1, 0.15) is 0 Å². The van der Waals surface area contributed by atoms with E-state index in [0.717, 1.165) is 45.5 Å². The predicted molar refractivity (Wildman–Crippen MR) is 88.4 cm³/mol. The van der Waals surface area contributed by atoms with E-state index in [9.17, 15) is 13.2 Å². The van der Waals surface area contributed by atoms with Crippen LogP contribution in [-0.2, 0) is 14.6 Å². The SMILES string of the molecule is CS(=O)(=O)c1ccccc1NC(=O)NCCCN1CCOCC1. The molecule has 1 saturated heterocycles. The molecule has 1 aliphatic heterocycles. The van der Waals surface area contributed by atoms with Crippen LogP contribution in [0.5, 0.6) is 0 Å². The molecule has 0 aromatic heterocycles. The van der Waals surface area contributed by atoms with Crippen molar-refractivity contribution in [3.05, 3.63) is 24.3 Å². The lowest BCUT2D eigenvalue weighted by atomic mass is 10.3. The minimum Gasteiger partial charge on any atom is -0.379 e. The van der Waals surface area contributed by atoms with Crippen LogP contribution in [0.15, 0.2) is 29.2 Å². The molecule has 0 saturated carbocycles. The van der Waals surface area contributed by atoms with E-state index in [4.69, 9.17) is 4.74 Å².